The minimum atomic E-state index is -0.912. The van der Waals surface area contributed by atoms with Crippen LogP contribution in [-0.2, 0) is 11.3 Å². The number of rotatable bonds is 9. The standard InChI is InChI=1S/C21H24F2N2O3/c1-3-25(14-15-6-9-17(28-2)10-7-15)20(26)5-4-12-24-21(27)18-11-8-16(22)13-19(18)23/h6-11,13H,3-5,12,14H2,1-2H3,(H,24,27). The van der Waals surface area contributed by atoms with Crippen LogP contribution in [0.4, 0.5) is 8.78 Å². The second kappa shape index (κ2) is 10.4. The molecule has 0 aliphatic rings. The number of nitrogens with one attached hydrogen (secondary N) is 1. The van der Waals surface area contributed by atoms with Crippen LogP contribution in [0.3, 0.4) is 0 Å². The number of hydrogen-bond acceptors (Lipinski definition) is 3. The molecular formula is C21H24F2N2O3. The van der Waals surface area contributed by atoms with Gasteiger partial charge >= 0.3 is 0 Å². The van der Waals surface area contributed by atoms with Gasteiger partial charge in [-0.2, -0.15) is 0 Å². The fourth-order valence-corrected chi connectivity index (χ4v) is 2.70. The Bertz CT molecular complexity index is 810. The van der Waals surface area contributed by atoms with Crippen LogP contribution in [0.1, 0.15) is 35.7 Å². The number of nitrogens with zero attached hydrogens (tertiary/aromatic N) is 1. The zero-order valence-corrected chi connectivity index (χ0v) is 16.0. The van der Waals surface area contributed by atoms with E-state index >= 15 is 0 Å². The fraction of sp³-hybridized carbons (Fsp3) is 0.333. The molecule has 0 saturated heterocycles. The average molecular weight is 390 g/mol. The van der Waals surface area contributed by atoms with Crippen molar-refractivity contribution >= 4 is 11.8 Å². The summed E-state index contributed by atoms with van der Waals surface area (Å²) in [5.41, 5.74) is 0.776. The van der Waals surface area contributed by atoms with E-state index < -0.39 is 17.5 Å². The molecule has 0 saturated carbocycles. The number of ether oxygens (including phenoxy) is 1. The fourth-order valence-electron chi connectivity index (χ4n) is 2.70. The SMILES string of the molecule is CCN(Cc1ccc(OC)cc1)C(=O)CCCNC(=O)c1ccc(F)cc1F. The lowest BCUT2D eigenvalue weighted by Gasteiger charge is -2.21. The van der Waals surface area contributed by atoms with Crippen LogP contribution in [0, 0.1) is 11.6 Å². The zero-order valence-electron chi connectivity index (χ0n) is 16.0. The van der Waals surface area contributed by atoms with Gasteiger partial charge in [0, 0.05) is 32.1 Å². The van der Waals surface area contributed by atoms with E-state index in [9.17, 15) is 18.4 Å². The molecule has 0 aliphatic carbocycles. The maximum absolute atomic E-state index is 13.6. The van der Waals surface area contributed by atoms with Gasteiger partial charge in [-0.3, -0.25) is 9.59 Å². The van der Waals surface area contributed by atoms with E-state index in [1.165, 1.54) is 0 Å². The smallest absolute Gasteiger partial charge is 0.254 e. The number of methoxy groups -OCH3 is 1. The summed E-state index contributed by atoms with van der Waals surface area (Å²) in [6.07, 6.45) is 0.683. The van der Waals surface area contributed by atoms with E-state index in [4.69, 9.17) is 4.74 Å². The lowest BCUT2D eigenvalue weighted by Crippen LogP contribution is -2.31. The molecule has 150 valence electrons. The molecule has 7 heteroatoms. The van der Waals surface area contributed by atoms with Crippen LogP contribution in [0.2, 0.25) is 0 Å². The van der Waals surface area contributed by atoms with Gasteiger partial charge in [-0.15, -0.1) is 0 Å². The first-order valence-electron chi connectivity index (χ1n) is 9.08. The Morgan fingerprint density at radius 3 is 2.43 bits per heavy atom. The highest BCUT2D eigenvalue weighted by Gasteiger charge is 2.14. The molecule has 2 aromatic rings. The summed E-state index contributed by atoms with van der Waals surface area (Å²) in [4.78, 5) is 26.0. The first-order chi connectivity index (χ1) is 13.4. The summed E-state index contributed by atoms with van der Waals surface area (Å²) in [5.74, 6) is -1.55. The lowest BCUT2D eigenvalue weighted by atomic mass is 10.1. The van der Waals surface area contributed by atoms with Crippen molar-refractivity contribution in [3.8, 4) is 5.75 Å². The third-order valence-corrected chi connectivity index (χ3v) is 4.30. The molecule has 0 bridgehead atoms. The van der Waals surface area contributed by atoms with Gasteiger partial charge in [0.05, 0.1) is 12.7 Å². The Balaban J connectivity index is 1.78. The van der Waals surface area contributed by atoms with Crippen molar-refractivity contribution in [1.82, 2.24) is 10.2 Å². The molecule has 0 radical (unpaired) electrons. The minimum absolute atomic E-state index is 0.0273. The number of benzene rings is 2. The summed E-state index contributed by atoms with van der Waals surface area (Å²) < 4.78 is 31.6. The van der Waals surface area contributed by atoms with Crippen molar-refractivity contribution in [2.24, 2.45) is 0 Å². The van der Waals surface area contributed by atoms with E-state index in [-0.39, 0.29) is 24.4 Å². The first kappa shape index (κ1) is 21.3. The summed E-state index contributed by atoms with van der Waals surface area (Å²) >= 11 is 0. The van der Waals surface area contributed by atoms with Crippen LogP contribution in [0.25, 0.3) is 0 Å². The molecule has 0 fully saturated rings. The highest BCUT2D eigenvalue weighted by Crippen LogP contribution is 2.14. The number of halogens is 2. The molecule has 2 aromatic carbocycles. The maximum atomic E-state index is 13.6. The number of carbonyl (C=O) groups excluding carboxylic acids is 2. The van der Waals surface area contributed by atoms with E-state index in [2.05, 4.69) is 5.32 Å². The van der Waals surface area contributed by atoms with E-state index in [1.807, 2.05) is 31.2 Å². The van der Waals surface area contributed by atoms with Crippen LogP contribution < -0.4 is 10.1 Å². The zero-order chi connectivity index (χ0) is 20.5. The largest absolute Gasteiger partial charge is 0.497 e. The van der Waals surface area contributed by atoms with Gasteiger partial charge in [0.15, 0.2) is 0 Å². The van der Waals surface area contributed by atoms with Crippen LogP contribution >= 0.6 is 0 Å². The Morgan fingerprint density at radius 1 is 1.11 bits per heavy atom. The molecule has 1 N–H and O–H groups in total. The molecule has 0 heterocycles. The summed E-state index contributed by atoms with van der Waals surface area (Å²) in [6, 6.07) is 10.3. The van der Waals surface area contributed by atoms with Crippen LogP contribution in [-0.4, -0.2) is 36.9 Å². The molecule has 0 unspecified atom stereocenters. The van der Waals surface area contributed by atoms with Crippen molar-refractivity contribution in [1.29, 1.82) is 0 Å². The topological polar surface area (TPSA) is 58.6 Å². The number of amides is 2. The molecule has 0 atom stereocenters. The van der Waals surface area contributed by atoms with Gasteiger partial charge in [-0.1, -0.05) is 12.1 Å². The highest BCUT2D eigenvalue weighted by molar-refractivity contribution is 5.94. The monoisotopic (exact) mass is 390 g/mol. The lowest BCUT2D eigenvalue weighted by molar-refractivity contribution is -0.131. The van der Waals surface area contributed by atoms with Crippen molar-refractivity contribution in [2.45, 2.75) is 26.3 Å². The molecule has 0 spiro atoms. The molecule has 2 amide bonds. The Labute approximate surface area is 163 Å². The van der Waals surface area contributed by atoms with E-state index in [0.717, 1.165) is 23.4 Å². The van der Waals surface area contributed by atoms with Crippen molar-refractivity contribution < 1.29 is 23.1 Å². The second-order valence-corrected chi connectivity index (χ2v) is 6.24. The minimum Gasteiger partial charge on any atom is -0.497 e. The molecule has 28 heavy (non-hydrogen) atoms. The van der Waals surface area contributed by atoms with Crippen LogP contribution in [0.15, 0.2) is 42.5 Å². The van der Waals surface area contributed by atoms with Gasteiger partial charge in [-0.25, -0.2) is 8.78 Å². The second-order valence-electron chi connectivity index (χ2n) is 6.24. The summed E-state index contributed by atoms with van der Waals surface area (Å²) in [7, 11) is 1.60. The third kappa shape index (κ3) is 6.04. The van der Waals surface area contributed by atoms with Gasteiger partial charge in [0.25, 0.3) is 5.91 Å². The molecular weight excluding hydrogens is 366 g/mol. The Hall–Kier alpha value is -2.96. The number of carbonyl (C=O) groups is 2. The average Bonchev–Trinajstić information content (AvgIpc) is 2.69. The predicted octanol–water partition coefficient (Wildman–Crippen LogP) is 3.53. The van der Waals surface area contributed by atoms with Gasteiger partial charge in [0.2, 0.25) is 5.91 Å². The van der Waals surface area contributed by atoms with Gasteiger partial charge < -0.3 is 15.0 Å². The summed E-state index contributed by atoms with van der Waals surface area (Å²) in [5, 5.41) is 2.55. The Morgan fingerprint density at radius 2 is 1.82 bits per heavy atom. The van der Waals surface area contributed by atoms with Crippen molar-refractivity contribution in [3.63, 3.8) is 0 Å². The summed E-state index contributed by atoms with van der Waals surface area (Å²) in [6.45, 7) is 3.19. The van der Waals surface area contributed by atoms with Crippen LogP contribution in [0.5, 0.6) is 5.75 Å². The molecule has 0 aliphatic heterocycles. The quantitative estimate of drug-likeness (QED) is 0.667. The van der Waals surface area contributed by atoms with Gasteiger partial charge in [0.1, 0.15) is 17.4 Å². The maximum Gasteiger partial charge on any atom is 0.254 e. The van der Waals surface area contributed by atoms with Crippen molar-refractivity contribution in [2.75, 3.05) is 20.2 Å². The molecule has 2 rings (SSSR count). The van der Waals surface area contributed by atoms with Crippen molar-refractivity contribution in [3.05, 3.63) is 65.2 Å². The molecule has 5 nitrogen and oxygen atoms in total. The predicted molar refractivity (Wildman–Crippen MR) is 102 cm³/mol. The van der Waals surface area contributed by atoms with E-state index in [1.54, 1.807) is 12.0 Å². The Kier molecular flexibility index (Phi) is 7.92. The molecule has 0 aromatic heterocycles. The normalized spacial score (nSPS) is 10.4. The third-order valence-electron chi connectivity index (χ3n) is 4.30. The first-order valence-corrected chi connectivity index (χ1v) is 9.08. The van der Waals surface area contributed by atoms with Gasteiger partial charge in [-0.05, 0) is 43.2 Å². The van der Waals surface area contributed by atoms with E-state index in [0.29, 0.717) is 25.6 Å². The highest BCUT2D eigenvalue weighted by atomic mass is 19.1. The number of hydrogen-bond donors (Lipinski definition) is 1.